The predicted octanol–water partition coefficient (Wildman–Crippen LogP) is 2.65. The topological polar surface area (TPSA) is 95.0 Å². The molecule has 169 valence electrons. The van der Waals surface area contributed by atoms with E-state index in [2.05, 4.69) is 20.2 Å². The van der Waals surface area contributed by atoms with E-state index in [1.54, 1.807) is 30.6 Å². The number of anilines is 1. The Kier molecular flexibility index (Phi) is 5.60. The second kappa shape index (κ2) is 8.57. The molecule has 0 amide bonds. The summed E-state index contributed by atoms with van der Waals surface area (Å²) in [7, 11) is -2.71. The van der Waals surface area contributed by atoms with Crippen LogP contribution in [0.2, 0.25) is 0 Å². The van der Waals surface area contributed by atoms with Gasteiger partial charge in [0.1, 0.15) is 11.6 Å². The normalized spacial score (nSPS) is 15.7. The van der Waals surface area contributed by atoms with Crippen LogP contribution < -0.4 is 15.8 Å². The second-order valence-electron chi connectivity index (χ2n) is 8.06. The Balaban J connectivity index is 1.42. The number of H-pyrrole nitrogens is 1. The number of nitrogens with one attached hydrogen (secondary N) is 1. The van der Waals surface area contributed by atoms with E-state index in [-0.39, 0.29) is 5.39 Å². The minimum atomic E-state index is -2.71. The molecule has 3 heterocycles. The lowest BCUT2D eigenvalue weighted by Crippen LogP contribution is -2.40. The first-order chi connectivity index (χ1) is 15.9. The minimum Gasteiger partial charge on any atom is -0.375 e. The molecule has 1 aliphatic heterocycles. The number of nitrogens with zero attached hydrogens (tertiary/aromatic N) is 4. The molecule has 0 unspecified atom stereocenters. The van der Waals surface area contributed by atoms with Crippen LogP contribution in [0.4, 0.5) is 14.7 Å². The predicted molar refractivity (Wildman–Crippen MR) is 124 cm³/mol. The van der Waals surface area contributed by atoms with Crippen molar-refractivity contribution in [1.29, 1.82) is 0 Å². The van der Waals surface area contributed by atoms with E-state index in [0.717, 1.165) is 5.56 Å². The lowest BCUT2D eigenvalue weighted by atomic mass is 10.0. The van der Waals surface area contributed by atoms with Gasteiger partial charge in [0.15, 0.2) is 0 Å². The highest BCUT2D eigenvalue weighted by Gasteiger charge is 2.35. The third-order valence-corrected chi connectivity index (χ3v) is 9.09. The van der Waals surface area contributed by atoms with E-state index < -0.39 is 24.7 Å². The molecule has 5 rings (SSSR count). The number of aromatic nitrogens is 4. The van der Waals surface area contributed by atoms with Crippen molar-refractivity contribution in [3.63, 3.8) is 0 Å². The molecule has 1 radical (unpaired) electrons. The molecule has 33 heavy (non-hydrogen) atoms. The van der Waals surface area contributed by atoms with Gasteiger partial charge in [-0.05, 0) is 42.0 Å². The number of rotatable bonds is 4. The largest absolute Gasteiger partial charge is 0.375 e. The molecule has 4 aromatic rings. The molecular formula is C23H21F2N5O2P. The Morgan fingerprint density at radius 3 is 2.55 bits per heavy atom. The molecule has 0 aliphatic carbocycles. The maximum atomic E-state index is 14.8. The zero-order chi connectivity index (χ0) is 23.0. The van der Waals surface area contributed by atoms with Gasteiger partial charge in [-0.3, -0.25) is 4.79 Å². The van der Waals surface area contributed by atoms with Gasteiger partial charge in [-0.25, -0.2) is 23.8 Å². The number of aromatic amines is 1. The smallest absolute Gasteiger partial charge is 0.272 e. The SMILES string of the molecule is O=c1[nH]nc(Cc2ccc(F)c([P]3(O)CCN(c4ncccn4)CC3)c2)c2ccc(F)cc12. The highest BCUT2D eigenvalue weighted by molar-refractivity contribution is 7.77. The van der Waals surface area contributed by atoms with Gasteiger partial charge in [0, 0.05) is 62.4 Å². The van der Waals surface area contributed by atoms with Crippen molar-refractivity contribution in [2.24, 2.45) is 0 Å². The molecular weight excluding hydrogens is 447 g/mol. The summed E-state index contributed by atoms with van der Waals surface area (Å²) in [6.07, 6.45) is 4.51. The standard InChI is InChI=1S/C23H21F2N5O2P/c24-16-3-4-17-18(14-16)22(31)29-28-20(17)12-15-2-5-19(25)21(13-15)33(32)10-8-30(9-11-33)23-26-6-1-7-27-23/h1-7,13-14,32H,8-12H2,(H,29,31). The second-order valence-corrected chi connectivity index (χ2v) is 11.3. The summed E-state index contributed by atoms with van der Waals surface area (Å²) in [4.78, 5) is 34.0. The first-order valence-corrected chi connectivity index (χ1v) is 12.6. The Labute approximate surface area is 188 Å². The lowest BCUT2D eigenvalue weighted by Gasteiger charge is -2.40. The molecule has 7 nitrogen and oxygen atoms in total. The Morgan fingerprint density at radius 2 is 1.79 bits per heavy atom. The Hall–Kier alpha value is -3.29. The van der Waals surface area contributed by atoms with Crippen LogP contribution >= 0.6 is 7.49 Å². The van der Waals surface area contributed by atoms with Crippen molar-refractivity contribution in [1.82, 2.24) is 20.2 Å². The van der Waals surface area contributed by atoms with Crippen LogP contribution in [0.25, 0.3) is 10.8 Å². The van der Waals surface area contributed by atoms with Gasteiger partial charge < -0.3 is 9.79 Å². The van der Waals surface area contributed by atoms with Crippen LogP contribution in [0, 0.1) is 11.6 Å². The molecule has 0 bridgehead atoms. The third kappa shape index (κ3) is 4.21. The molecule has 1 aliphatic rings. The molecule has 2 aromatic carbocycles. The monoisotopic (exact) mass is 468 g/mol. The van der Waals surface area contributed by atoms with Crippen molar-refractivity contribution >= 4 is 29.5 Å². The molecule has 0 spiro atoms. The number of benzene rings is 2. The van der Waals surface area contributed by atoms with E-state index >= 15 is 0 Å². The van der Waals surface area contributed by atoms with Crippen molar-refractivity contribution in [2.75, 3.05) is 30.3 Å². The van der Waals surface area contributed by atoms with Crippen LogP contribution in [0.3, 0.4) is 0 Å². The van der Waals surface area contributed by atoms with Gasteiger partial charge in [0.05, 0.1) is 11.1 Å². The lowest BCUT2D eigenvalue weighted by molar-refractivity contribution is 0.585. The zero-order valence-electron chi connectivity index (χ0n) is 17.6. The third-order valence-electron chi connectivity index (χ3n) is 5.97. The molecule has 0 atom stereocenters. The maximum Gasteiger partial charge on any atom is 0.272 e. The summed E-state index contributed by atoms with van der Waals surface area (Å²) in [5, 5.41) is 7.62. The van der Waals surface area contributed by atoms with E-state index in [9.17, 15) is 18.5 Å². The van der Waals surface area contributed by atoms with Gasteiger partial charge >= 0.3 is 0 Å². The molecule has 0 saturated carbocycles. The average molecular weight is 468 g/mol. The fourth-order valence-electron chi connectivity index (χ4n) is 4.20. The number of halogens is 2. The minimum absolute atomic E-state index is 0.212. The van der Waals surface area contributed by atoms with Gasteiger partial charge in [-0.1, -0.05) is 6.07 Å². The Morgan fingerprint density at radius 1 is 1.03 bits per heavy atom. The highest BCUT2D eigenvalue weighted by Crippen LogP contribution is 2.55. The van der Waals surface area contributed by atoms with Crippen LogP contribution in [0.15, 0.2) is 59.7 Å². The molecule has 2 aromatic heterocycles. The quantitative estimate of drug-likeness (QED) is 0.448. The number of fused-ring (bicyclic) bond motifs is 1. The van der Waals surface area contributed by atoms with Crippen molar-refractivity contribution in [3.05, 3.63) is 88.1 Å². The van der Waals surface area contributed by atoms with Crippen molar-refractivity contribution in [3.8, 4) is 0 Å². The summed E-state index contributed by atoms with van der Waals surface area (Å²) >= 11 is 0. The fraction of sp³-hybridized carbons (Fsp3) is 0.217. The number of hydrogen-bond acceptors (Lipinski definition) is 6. The van der Waals surface area contributed by atoms with Gasteiger partial charge in [0.2, 0.25) is 5.95 Å². The first kappa shape index (κ1) is 21.6. The van der Waals surface area contributed by atoms with E-state index in [0.29, 0.717) is 54.2 Å². The maximum absolute atomic E-state index is 14.8. The highest BCUT2D eigenvalue weighted by atomic mass is 31.2. The van der Waals surface area contributed by atoms with Crippen LogP contribution in [0.1, 0.15) is 11.3 Å². The average Bonchev–Trinajstić information content (AvgIpc) is 2.83. The van der Waals surface area contributed by atoms with Gasteiger partial charge in [-0.2, -0.15) is 5.10 Å². The molecule has 1 saturated heterocycles. The van der Waals surface area contributed by atoms with Crippen LogP contribution in [0.5, 0.6) is 0 Å². The van der Waals surface area contributed by atoms with E-state index in [1.807, 2.05) is 4.90 Å². The summed E-state index contributed by atoms with van der Waals surface area (Å²) in [5.74, 6) is -0.334. The van der Waals surface area contributed by atoms with Gasteiger partial charge in [0.25, 0.3) is 5.56 Å². The first-order valence-electron chi connectivity index (χ1n) is 10.5. The summed E-state index contributed by atoms with van der Waals surface area (Å²) in [5.41, 5.74) is 0.824. The zero-order valence-corrected chi connectivity index (χ0v) is 18.5. The van der Waals surface area contributed by atoms with Crippen molar-refractivity contribution < 1.29 is 13.7 Å². The van der Waals surface area contributed by atoms with E-state index in [1.165, 1.54) is 24.3 Å². The molecule has 10 heteroatoms. The molecule has 1 fully saturated rings. The Bertz CT molecular complexity index is 1370. The van der Waals surface area contributed by atoms with E-state index in [4.69, 9.17) is 0 Å². The van der Waals surface area contributed by atoms with Crippen LogP contribution in [-0.4, -0.2) is 50.5 Å². The fourth-order valence-corrected chi connectivity index (χ4v) is 6.93. The summed E-state index contributed by atoms with van der Waals surface area (Å²) < 4.78 is 28.4. The number of hydrogen-bond donors (Lipinski definition) is 2. The van der Waals surface area contributed by atoms with Gasteiger partial charge in [-0.15, -0.1) is 0 Å². The van der Waals surface area contributed by atoms with Crippen LogP contribution in [-0.2, 0) is 6.42 Å². The summed E-state index contributed by atoms with van der Waals surface area (Å²) in [6.45, 7) is 1.07. The van der Waals surface area contributed by atoms with Crippen molar-refractivity contribution in [2.45, 2.75) is 6.42 Å². The summed E-state index contributed by atoms with van der Waals surface area (Å²) in [6, 6.07) is 10.4. The molecule has 2 N–H and O–H groups in total.